The number of ether oxygens (including phenoxy) is 1. The van der Waals surface area contributed by atoms with Gasteiger partial charge in [-0.2, -0.15) is 0 Å². The molecule has 94 valence electrons. The van der Waals surface area contributed by atoms with Crippen molar-refractivity contribution in [2.24, 2.45) is 5.92 Å². The van der Waals surface area contributed by atoms with Gasteiger partial charge in [-0.15, -0.1) is 5.10 Å². The molecule has 5 nitrogen and oxygen atoms in total. The maximum atomic E-state index is 11.7. The molecule has 1 aliphatic rings. The first kappa shape index (κ1) is 12.1. The molecule has 1 aliphatic heterocycles. The zero-order chi connectivity index (χ0) is 12.3. The second-order valence-corrected chi connectivity index (χ2v) is 4.67. The molecule has 0 aliphatic carbocycles. The average molecular weight is 237 g/mol. The highest BCUT2D eigenvalue weighted by molar-refractivity contribution is 5.06. The third kappa shape index (κ3) is 3.06. The summed E-state index contributed by atoms with van der Waals surface area (Å²) in [4.78, 5) is 14.0. The Kier molecular flexibility index (Phi) is 3.78. The van der Waals surface area contributed by atoms with Crippen LogP contribution in [0.1, 0.15) is 12.8 Å². The zero-order valence-corrected chi connectivity index (χ0v) is 10.4. The normalized spacial score (nSPS) is 21.4. The van der Waals surface area contributed by atoms with Crippen molar-refractivity contribution < 1.29 is 4.74 Å². The molecule has 0 aromatic carbocycles. The van der Waals surface area contributed by atoms with E-state index in [1.54, 1.807) is 13.2 Å². The van der Waals surface area contributed by atoms with Crippen LogP contribution >= 0.6 is 0 Å². The lowest BCUT2D eigenvalue weighted by atomic mass is 9.99. The minimum absolute atomic E-state index is 0.0565. The first-order chi connectivity index (χ1) is 8.19. The molecule has 0 bridgehead atoms. The van der Waals surface area contributed by atoms with Gasteiger partial charge in [-0.3, -0.25) is 4.79 Å². The van der Waals surface area contributed by atoms with E-state index in [1.807, 2.05) is 0 Å². The van der Waals surface area contributed by atoms with Crippen LogP contribution in [0.25, 0.3) is 0 Å². The summed E-state index contributed by atoms with van der Waals surface area (Å²) in [7, 11) is 3.68. The highest BCUT2D eigenvalue weighted by Gasteiger charge is 2.18. The first-order valence-electron chi connectivity index (χ1n) is 6.00. The molecule has 0 radical (unpaired) electrons. The summed E-state index contributed by atoms with van der Waals surface area (Å²) in [5.74, 6) is 1.000. The fourth-order valence-electron chi connectivity index (χ4n) is 2.34. The Hall–Kier alpha value is -1.36. The number of nitrogens with zero attached hydrogens (tertiary/aromatic N) is 3. The third-order valence-corrected chi connectivity index (χ3v) is 3.20. The highest BCUT2D eigenvalue weighted by atomic mass is 16.5. The number of methoxy groups -OCH3 is 1. The van der Waals surface area contributed by atoms with E-state index in [0.29, 0.717) is 18.3 Å². The Morgan fingerprint density at radius 2 is 2.35 bits per heavy atom. The summed E-state index contributed by atoms with van der Waals surface area (Å²) in [5, 5.41) is 4.17. The lowest BCUT2D eigenvalue weighted by Crippen LogP contribution is -2.36. The molecule has 1 fully saturated rings. The van der Waals surface area contributed by atoms with E-state index >= 15 is 0 Å². The Balaban J connectivity index is 2.09. The second-order valence-electron chi connectivity index (χ2n) is 4.67. The Labute approximate surface area is 101 Å². The van der Waals surface area contributed by atoms with E-state index in [0.717, 1.165) is 19.5 Å². The first-order valence-corrected chi connectivity index (χ1v) is 6.00. The van der Waals surface area contributed by atoms with Crippen LogP contribution in [0.4, 0.5) is 0 Å². The monoisotopic (exact) mass is 237 g/mol. The van der Waals surface area contributed by atoms with Crippen molar-refractivity contribution in [3.05, 3.63) is 22.5 Å². The molecule has 5 heteroatoms. The molecule has 1 aromatic heterocycles. The van der Waals surface area contributed by atoms with Gasteiger partial charge in [-0.1, -0.05) is 0 Å². The fourth-order valence-corrected chi connectivity index (χ4v) is 2.34. The van der Waals surface area contributed by atoms with Gasteiger partial charge in [0.15, 0.2) is 0 Å². The van der Waals surface area contributed by atoms with Crippen LogP contribution in [0.2, 0.25) is 0 Å². The number of likely N-dealkylation sites (tertiary alicyclic amines) is 1. The number of aromatic nitrogens is 2. The van der Waals surface area contributed by atoms with Crippen molar-refractivity contribution in [2.75, 3.05) is 27.2 Å². The van der Waals surface area contributed by atoms with E-state index in [-0.39, 0.29) is 5.56 Å². The predicted octanol–water partition coefficient (Wildman–Crippen LogP) is 0.594. The van der Waals surface area contributed by atoms with Crippen LogP contribution in [0.3, 0.4) is 0 Å². The van der Waals surface area contributed by atoms with E-state index in [9.17, 15) is 4.79 Å². The molecule has 0 amide bonds. The van der Waals surface area contributed by atoms with Crippen molar-refractivity contribution in [1.82, 2.24) is 14.7 Å². The van der Waals surface area contributed by atoms with Crippen molar-refractivity contribution >= 4 is 0 Å². The maximum absolute atomic E-state index is 11.7. The van der Waals surface area contributed by atoms with Crippen LogP contribution in [0.5, 0.6) is 5.88 Å². The van der Waals surface area contributed by atoms with Crippen molar-refractivity contribution in [3.63, 3.8) is 0 Å². The molecular formula is C12H19N3O2. The van der Waals surface area contributed by atoms with E-state index in [2.05, 4.69) is 17.0 Å². The van der Waals surface area contributed by atoms with E-state index < -0.39 is 0 Å². The number of hydrogen-bond donors (Lipinski definition) is 0. The minimum atomic E-state index is -0.0565. The summed E-state index contributed by atoms with van der Waals surface area (Å²) in [6.07, 6.45) is 2.36. The molecule has 1 saturated heterocycles. The van der Waals surface area contributed by atoms with Gasteiger partial charge in [0.1, 0.15) is 0 Å². The summed E-state index contributed by atoms with van der Waals surface area (Å²) in [6, 6.07) is 3.12. The van der Waals surface area contributed by atoms with Crippen molar-refractivity contribution in [2.45, 2.75) is 19.4 Å². The van der Waals surface area contributed by atoms with Gasteiger partial charge in [0.05, 0.1) is 7.11 Å². The molecule has 0 saturated carbocycles. The molecule has 0 N–H and O–H groups in total. The summed E-state index contributed by atoms with van der Waals surface area (Å²) in [5.41, 5.74) is -0.0565. The molecular weight excluding hydrogens is 218 g/mol. The van der Waals surface area contributed by atoms with E-state index in [4.69, 9.17) is 4.74 Å². The van der Waals surface area contributed by atoms with Gasteiger partial charge < -0.3 is 9.64 Å². The van der Waals surface area contributed by atoms with Gasteiger partial charge in [0.2, 0.25) is 5.88 Å². The topological polar surface area (TPSA) is 47.4 Å². The van der Waals surface area contributed by atoms with Crippen molar-refractivity contribution in [1.29, 1.82) is 0 Å². The van der Waals surface area contributed by atoms with E-state index in [1.165, 1.54) is 17.2 Å². The standard InChI is InChI=1S/C12H19N3O2/c1-14-7-3-4-10(8-14)9-15-12(16)6-5-11(13-15)17-2/h5-6,10H,3-4,7-9H2,1-2H3. The maximum Gasteiger partial charge on any atom is 0.266 e. The SMILES string of the molecule is COc1ccc(=O)n(CC2CCCN(C)C2)n1. The average Bonchev–Trinajstić information content (AvgIpc) is 2.32. The Morgan fingerprint density at radius 1 is 1.53 bits per heavy atom. The molecule has 2 rings (SSSR count). The number of rotatable bonds is 3. The van der Waals surface area contributed by atoms with Gasteiger partial charge in [-0.25, -0.2) is 4.68 Å². The zero-order valence-electron chi connectivity index (χ0n) is 10.4. The van der Waals surface area contributed by atoms with Gasteiger partial charge in [0.25, 0.3) is 5.56 Å². The minimum Gasteiger partial charge on any atom is -0.480 e. The molecule has 17 heavy (non-hydrogen) atoms. The van der Waals surface area contributed by atoms with Crippen LogP contribution in [-0.4, -0.2) is 41.9 Å². The molecule has 1 aromatic rings. The molecule has 2 heterocycles. The largest absolute Gasteiger partial charge is 0.480 e. The smallest absolute Gasteiger partial charge is 0.266 e. The van der Waals surface area contributed by atoms with Crippen LogP contribution < -0.4 is 10.3 Å². The number of hydrogen-bond acceptors (Lipinski definition) is 4. The third-order valence-electron chi connectivity index (χ3n) is 3.20. The molecule has 0 spiro atoms. The summed E-state index contributed by atoms with van der Waals surface area (Å²) < 4.78 is 6.56. The Morgan fingerprint density at radius 3 is 3.06 bits per heavy atom. The lowest BCUT2D eigenvalue weighted by molar-refractivity contribution is 0.187. The van der Waals surface area contributed by atoms with Crippen LogP contribution in [0.15, 0.2) is 16.9 Å². The fraction of sp³-hybridized carbons (Fsp3) is 0.667. The summed E-state index contributed by atoms with van der Waals surface area (Å²) >= 11 is 0. The molecule has 1 atom stereocenters. The van der Waals surface area contributed by atoms with Gasteiger partial charge in [0, 0.05) is 25.2 Å². The van der Waals surface area contributed by atoms with Gasteiger partial charge >= 0.3 is 0 Å². The Bertz CT molecular complexity index is 430. The van der Waals surface area contributed by atoms with Gasteiger partial charge in [-0.05, 0) is 32.4 Å². The highest BCUT2D eigenvalue weighted by Crippen LogP contribution is 2.16. The van der Waals surface area contributed by atoms with Crippen LogP contribution in [0, 0.1) is 5.92 Å². The predicted molar refractivity (Wildman–Crippen MR) is 65.3 cm³/mol. The van der Waals surface area contributed by atoms with Crippen LogP contribution in [-0.2, 0) is 6.54 Å². The van der Waals surface area contributed by atoms with Crippen molar-refractivity contribution in [3.8, 4) is 5.88 Å². The quantitative estimate of drug-likeness (QED) is 0.772. The second kappa shape index (κ2) is 5.31. The lowest BCUT2D eigenvalue weighted by Gasteiger charge is -2.29. The molecule has 1 unspecified atom stereocenters. The number of piperidine rings is 1. The summed E-state index contributed by atoms with van der Waals surface area (Å²) in [6.45, 7) is 2.86.